The highest BCUT2D eigenvalue weighted by Gasteiger charge is 2.50. The van der Waals surface area contributed by atoms with Crippen LogP contribution in [0.1, 0.15) is 118 Å². The van der Waals surface area contributed by atoms with Crippen molar-refractivity contribution >= 4 is 95.6 Å². The zero-order valence-corrected chi connectivity index (χ0v) is 64.2. The number of ketones is 1. The quantitative estimate of drug-likeness (QED) is 0.0562. The fourth-order valence-corrected chi connectivity index (χ4v) is 14.1. The summed E-state index contributed by atoms with van der Waals surface area (Å²) in [6.45, 7) is 21.0. The normalized spacial score (nSPS) is 15.0. The zero-order valence-electron chi connectivity index (χ0n) is 61.1. The molecule has 576 valence electrons. The van der Waals surface area contributed by atoms with Gasteiger partial charge in [0.25, 0.3) is 32.9 Å². The van der Waals surface area contributed by atoms with Crippen LogP contribution in [0.5, 0.6) is 23.5 Å². The molecule has 38 heteroatoms. The highest BCUT2D eigenvalue weighted by molar-refractivity contribution is 7.93. The summed E-state index contributed by atoms with van der Waals surface area (Å²) in [6.07, 6.45) is 0.344. The summed E-state index contributed by atoms with van der Waals surface area (Å²) >= 11 is 12.2. The molecule has 0 bridgehead atoms. The van der Waals surface area contributed by atoms with Gasteiger partial charge in [-0.25, -0.2) is 50.5 Å². The van der Waals surface area contributed by atoms with Gasteiger partial charge < -0.3 is 43.1 Å². The molecule has 31 nitrogen and oxygen atoms in total. The van der Waals surface area contributed by atoms with Crippen LogP contribution >= 0.6 is 23.2 Å². The van der Waals surface area contributed by atoms with Gasteiger partial charge in [-0.15, -0.1) is 5.10 Å². The van der Waals surface area contributed by atoms with Crippen molar-refractivity contribution in [2.75, 3.05) is 70.4 Å². The van der Waals surface area contributed by atoms with Gasteiger partial charge in [0, 0.05) is 54.7 Å². The van der Waals surface area contributed by atoms with Crippen LogP contribution in [0, 0.1) is 19.3 Å². The van der Waals surface area contributed by atoms with E-state index in [1.807, 2.05) is 25.5 Å². The third-order valence-electron chi connectivity index (χ3n) is 16.6. The second kappa shape index (κ2) is 33.7. The predicted molar refractivity (Wildman–Crippen MR) is 388 cm³/mol. The highest BCUT2D eigenvalue weighted by atomic mass is 35.5. The topological polar surface area (TPSA) is 371 Å². The number of hydrazone groups is 1. The summed E-state index contributed by atoms with van der Waals surface area (Å²) in [7, 11) is -3.22. The Hall–Kier alpha value is -10.2. The fourth-order valence-electron chi connectivity index (χ4n) is 11.4. The molecule has 3 aliphatic heterocycles. The number of pyridine rings is 1. The lowest BCUT2D eigenvalue weighted by Crippen LogP contribution is -2.48. The van der Waals surface area contributed by atoms with E-state index in [1.165, 1.54) is 60.9 Å². The Labute approximate surface area is 622 Å². The molecule has 0 spiro atoms. The minimum absolute atomic E-state index is 0.00623. The van der Waals surface area contributed by atoms with Crippen molar-refractivity contribution in [3.05, 3.63) is 142 Å². The molecule has 0 aliphatic carbocycles. The Morgan fingerprint density at radius 1 is 0.794 bits per heavy atom. The van der Waals surface area contributed by atoms with E-state index in [0.717, 1.165) is 53.6 Å². The van der Waals surface area contributed by atoms with Crippen molar-refractivity contribution in [3.8, 4) is 34.6 Å². The molecular formula is C69H80Cl2F3N13O18S2. The number of hydrogen-bond donors (Lipinski definition) is 2. The number of H-pyrrole nitrogens is 1. The number of carbonyl (C=O) groups is 4. The SMILES string of the molecule is CCOC(=O)C1=NN(c2ccc(Cl)cc2Cl)C(C)(C(=O)OCC)C1.CCc1cc(C)cc(CC)c1-c1c(OC(=O)C(C)(C)C)n2n(c1=O)CCOCC2.COc1cc(OC)n2nc(NS(=O)(=O)c3c(C(F)(F)F)ccnc3OC)nc2n1.Cc1c(C(=O)c2c[nH]n(C)c2=O)ccc(S(C)(=O)=O)c1C1=NOCC1. The first-order valence-electron chi connectivity index (χ1n) is 33.1. The van der Waals surface area contributed by atoms with Crippen LogP contribution in [0.15, 0.2) is 96.6 Å². The molecule has 0 saturated carbocycles. The van der Waals surface area contributed by atoms with Crippen molar-refractivity contribution in [1.82, 2.24) is 43.7 Å². The van der Waals surface area contributed by atoms with Crippen LogP contribution in [0.25, 0.3) is 16.9 Å². The zero-order chi connectivity index (χ0) is 79.0. The molecule has 107 heavy (non-hydrogen) atoms. The number of nitrogens with zero attached hydrogens (tertiary/aromatic N) is 11. The molecule has 8 aromatic rings. The summed E-state index contributed by atoms with van der Waals surface area (Å²) in [5.41, 5.74) is 3.04. The number of sulfonamides is 1. The van der Waals surface area contributed by atoms with Gasteiger partial charge in [0.2, 0.25) is 23.5 Å². The number of methoxy groups -OCH3 is 3. The smallest absolute Gasteiger partial charge is 0.418 e. The van der Waals surface area contributed by atoms with Crippen LogP contribution in [0.4, 0.5) is 24.8 Å². The molecule has 2 N–H and O–H groups in total. The predicted octanol–water partition coefficient (Wildman–Crippen LogP) is 9.32. The Bertz CT molecular complexity index is 5140. The Morgan fingerprint density at radius 3 is 2.01 bits per heavy atom. The number of anilines is 2. The molecule has 11 rings (SSSR count). The first-order chi connectivity index (χ1) is 50.3. The lowest BCUT2D eigenvalue weighted by Gasteiger charge is -2.32. The standard InChI is InChI=1S/C23H32N2O4.C16H18Cl2N2O4.C16H17N3O5S.C14H13F3N6O5S/c1-7-16-13-15(3)14-17(8-2)18(16)19-20(26)24-9-11-28-12-10-25(24)21(19)29-22(27)23(4,5)6;1-4-23-14(21)12-9-16(3,15(22)24-5-2)20(19-12)13-7-6-10(17)8-11(13)18;1-9-10(15(20)11-8-17-19(2)16(11)21)4-5-13(25(3,22)23)14(9)12-6-7-24-18-12;1-26-8-6-9(27-2)23-13(19-8)20-12(21-23)22-29(24,25)10-7(14(15,16)17)4-5-18-11(10)28-3/h13-14H,7-12H2,1-6H3;6-8H,4-5,9H2,1-3H3;4-5,8,17H,6-7H2,1-3H3;4-6H,1-3H3,(H,21,22). The maximum absolute atomic E-state index is 13.5. The number of alkyl halides is 3. The summed E-state index contributed by atoms with van der Waals surface area (Å²) in [5.74, 6) is -2.77. The second-order valence-corrected chi connectivity index (χ2v) is 29.6. The molecule has 0 fully saturated rings. The van der Waals surface area contributed by atoms with Crippen molar-refractivity contribution in [1.29, 1.82) is 0 Å². The van der Waals surface area contributed by atoms with Crippen molar-refractivity contribution < 1.29 is 87.2 Å². The average Bonchev–Trinajstić information content (AvgIpc) is 1.71. The Kier molecular flexibility index (Phi) is 26.0. The molecule has 3 aliphatic rings. The number of nitrogens with one attached hydrogen (secondary N) is 2. The fraction of sp³-hybridized carbons (Fsp3) is 0.420. The van der Waals surface area contributed by atoms with Crippen molar-refractivity contribution in [3.63, 3.8) is 0 Å². The minimum Gasteiger partial charge on any atom is -0.481 e. The molecule has 8 heterocycles. The number of carbonyl (C=O) groups excluding carboxylic acids is 4. The molecular weight excluding hydrogens is 1490 g/mol. The number of hydrogen-bond acceptors (Lipinski definition) is 25. The number of halogens is 5. The van der Waals surface area contributed by atoms with E-state index in [2.05, 4.69) is 68.3 Å². The number of rotatable bonds is 19. The van der Waals surface area contributed by atoms with Gasteiger partial charge in [-0.05, 0) is 127 Å². The minimum atomic E-state index is -4.98. The van der Waals surface area contributed by atoms with Crippen LogP contribution in [0.3, 0.4) is 0 Å². The largest absolute Gasteiger partial charge is 0.481 e. The van der Waals surface area contributed by atoms with E-state index < -0.39 is 82.6 Å². The van der Waals surface area contributed by atoms with Gasteiger partial charge >= 0.3 is 24.1 Å². The highest BCUT2D eigenvalue weighted by Crippen LogP contribution is 2.42. The maximum Gasteiger partial charge on any atom is 0.418 e. The van der Waals surface area contributed by atoms with E-state index in [-0.39, 0.29) is 70.4 Å². The van der Waals surface area contributed by atoms with Crippen LogP contribution in [0.2, 0.25) is 10.0 Å². The molecule has 0 saturated heterocycles. The summed E-state index contributed by atoms with van der Waals surface area (Å²) in [4.78, 5) is 90.9. The van der Waals surface area contributed by atoms with Gasteiger partial charge in [-0.3, -0.25) is 23.9 Å². The molecule has 3 aromatic carbocycles. The van der Waals surface area contributed by atoms with Gasteiger partial charge in [0.1, 0.15) is 23.4 Å². The second-order valence-electron chi connectivity index (χ2n) is 25.2. The molecule has 0 amide bonds. The van der Waals surface area contributed by atoms with E-state index in [0.29, 0.717) is 89.4 Å². The summed E-state index contributed by atoms with van der Waals surface area (Å²) in [5, 5.41) is 16.8. The number of benzene rings is 3. The number of oxime groups is 1. The van der Waals surface area contributed by atoms with Crippen LogP contribution in [-0.4, -0.2) is 162 Å². The molecule has 5 aromatic heterocycles. The monoisotopic (exact) mass is 1570 g/mol. The summed E-state index contributed by atoms with van der Waals surface area (Å²) in [6, 6.07) is 13.7. The number of aromatic nitrogens is 9. The van der Waals surface area contributed by atoms with E-state index in [9.17, 15) is 58.8 Å². The van der Waals surface area contributed by atoms with Gasteiger partial charge in [-0.2, -0.15) is 32.8 Å². The number of esters is 3. The number of sulfone groups is 1. The Morgan fingerprint density at radius 2 is 1.46 bits per heavy atom. The third kappa shape index (κ3) is 18.1. The molecule has 1 atom stereocenters. The first kappa shape index (κ1) is 82.5. The van der Waals surface area contributed by atoms with Gasteiger partial charge in [0.05, 0.1) is 99.2 Å². The number of aromatic amines is 1. The van der Waals surface area contributed by atoms with E-state index >= 15 is 0 Å². The lowest BCUT2D eigenvalue weighted by molar-refractivity contribution is -0.148. The van der Waals surface area contributed by atoms with E-state index in [4.69, 9.17) is 61.2 Å². The van der Waals surface area contributed by atoms with Crippen molar-refractivity contribution in [2.45, 2.75) is 130 Å². The summed E-state index contributed by atoms with van der Waals surface area (Å²) < 4.78 is 134. The average molecular weight is 1570 g/mol. The van der Waals surface area contributed by atoms with Crippen molar-refractivity contribution in [2.24, 2.45) is 22.7 Å². The number of ether oxygens (including phenoxy) is 7. The number of fused-ring (bicyclic) bond motifs is 2. The molecule has 0 radical (unpaired) electrons. The third-order valence-corrected chi connectivity index (χ3v) is 19.7. The van der Waals surface area contributed by atoms with Gasteiger partial charge in [0.15, 0.2) is 26.1 Å². The maximum atomic E-state index is 13.5. The first-order valence-corrected chi connectivity index (χ1v) is 37.2. The van der Waals surface area contributed by atoms with Crippen LogP contribution in [-0.2, 0) is 92.4 Å². The van der Waals surface area contributed by atoms with Gasteiger partial charge in [-0.1, -0.05) is 59.9 Å². The molecule has 1 unspecified atom stereocenters. The van der Waals surface area contributed by atoms with E-state index in [1.54, 1.807) is 55.3 Å². The van der Waals surface area contributed by atoms with Crippen LogP contribution < -0.4 is 39.8 Å². The lowest BCUT2D eigenvalue weighted by atomic mass is 9.91. The Balaban J connectivity index is 0.000000181. The number of aryl methyl sites for hydroxylation is 4.